The van der Waals surface area contributed by atoms with E-state index in [4.69, 9.17) is 9.47 Å². The molecule has 4 rings (SSSR count). The first-order valence-corrected chi connectivity index (χ1v) is 10.3. The van der Waals surface area contributed by atoms with E-state index in [0.29, 0.717) is 5.52 Å². The second-order valence-electron chi connectivity index (χ2n) is 7.82. The number of nitrogens with one attached hydrogen (secondary N) is 1. The van der Waals surface area contributed by atoms with Gasteiger partial charge < -0.3 is 14.5 Å². The van der Waals surface area contributed by atoms with E-state index in [0.717, 1.165) is 20.1 Å². The molecule has 4 atom stereocenters. The Bertz CT molecular complexity index is 1200. The highest BCUT2D eigenvalue weighted by Gasteiger charge is 2.65. The van der Waals surface area contributed by atoms with E-state index in [2.05, 4.69) is 25.9 Å². The first kappa shape index (κ1) is 22.9. The fourth-order valence-electron chi connectivity index (χ4n) is 4.22. The van der Waals surface area contributed by atoms with Crippen molar-refractivity contribution in [1.82, 2.24) is 9.97 Å². The number of benzene rings is 2. The van der Waals surface area contributed by atoms with Gasteiger partial charge in [0.15, 0.2) is 17.2 Å². The lowest BCUT2D eigenvalue weighted by Crippen LogP contribution is -2.46. The Morgan fingerprint density at radius 3 is 2.41 bits per heavy atom. The average Bonchev–Trinajstić information content (AvgIpc) is 3.27. The van der Waals surface area contributed by atoms with Crippen LogP contribution in [0.4, 0.5) is 26.3 Å². The highest BCUT2D eigenvalue weighted by molar-refractivity contribution is 9.10. The third-order valence-corrected chi connectivity index (χ3v) is 6.90. The molecule has 172 valence electrons. The summed E-state index contributed by atoms with van der Waals surface area (Å²) in [6, 6.07) is 4.56. The largest absolute Gasteiger partial charge is 0.493 e. The van der Waals surface area contributed by atoms with Gasteiger partial charge in [-0.15, -0.1) is 0 Å². The monoisotopic (exact) mass is 522 g/mol. The van der Waals surface area contributed by atoms with Crippen LogP contribution in [0.5, 0.6) is 5.75 Å². The summed E-state index contributed by atoms with van der Waals surface area (Å²) in [6.45, 7) is 2.21. The number of alkyl halides is 3. The van der Waals surface area contributed by atoms with Crippen LogP contribution in [0.15, 0.2) is 28.7 Å². The number of aromatic nitrogens is 2. The summed E-state index contributed by atoms with van der Waals surface area (Å²) >= 11 is 3.08. The number of rotatable bonds is 3. The molecule has 0 saturated carbocycles. The number of imidazole rings is 1. The van der Waals surface area contributed by atoms with Crippen molar-refractivity contribution in [2.45, 2.75) is 37.6 Å². The Labute approximate surface area is 187 Å². The van der Waals surface area contributed by atoms with E-state index in [9.17, 15) is 26.3 Å². The second kappa shape index (κ2) is 7.65. The lowest BCUT2D eigenvalue weighted by atomic mass is 9.77. The molecule has 1 unspecified atom stereocenters. The third kappa shape index (κ3) is 3.28. The first-order valence-electron chi connectivity index (χ1n) is 9.50. The Kier molecular flexibility index (Phi) is 5.48. The highest BCUT2D eigenvalue weighted by Crippen LogP contribution is 2.59. The van der Waals surface area contributed by atoms with Crippen LogP contribution in [0.3, 0.4) is 0 Å². The minimum absolute atomic E-state index is 0.00239. The van der Waals surface area contributed by atoms with Crippen LogP contribution < -0.4 is 4.74 Å². The standard InChI is InChI=1S/C21H17BrF6N2O2/c1-8-13(9-4-5-11(24)15(25)17(9)31-3)18(32-20(8,2)21(26,27)28)19-29-12-7-6-10(23)14(22)16(12)30-19/h4-8,13,18H,1-3H3,(H,29,30)/t8-,13-,18?,20+/m0/s1. The smallest absolute Gasteiger partial charge is 0.417 e. The molecule has 0 aliphatic carbocycles. The van der Waals surface area contributed by atoms with Crippen molar-refractivity contribution >= 4 is 27.0 Å². The fraction of sp³-hybridized carbons (Fsp3) is 0.381. The molecule has 0 radical (unpaired) electrons. The van der Waals surface area contributed by atoms with Gasteiger partial charge in [0.25, 0.3) is 0 Å². The quantitative estimate of drug-likeness (QED) is 0.396. The highest BCUT2D eigenvalue weighted by atomic mass is 79.9. The van der Waals surface area contributed by atoms with Crippen molar-refractivity contribution in [3.05, 3.63) is 57.6 Å². The Balaban J connectivity index is 1.94. The average molecular weight is 523 g/mol. The molecule has 32 heavy (non-hydrogen) atoms. The van der Waals surface area contributed by atoms with Crippen LogP contribution in [0.1, 0.15) is 37.3 Å². The van der Waals surface area contributed by atoms with Crippen LogP contribution in [0.25, 0.3) is 11.0 Å². The van der Waals surface area contributed by atoms with Crippen LogP contribution in [-0.4, -0.2) is 28.9 Å². The van der Waals surface area contributed by atoms with Gasteiger partial charge in [-0.2, -0.15) is 17.6 Å². The van der Waals surface area contributed by atoms with Gasteiger partial charge in [-0.05, 0) is 41.1 Å². The maximum Gasteiger partial charge on any atom is 0.417 e. The lowest BCUT2D eigenvalue weighted by Gasteiger charge is -2.32. The van der Waals surface area contributed by atoms with E-state index >= 15 is 0 Å². The Hall–Kier alpha value is -2.27. The van der Waals surface area contributed by atoms with Crippen LogP contribution in [0.2, 0.25) is 0 Å². The van der Waals surface area contributed by atoms with Crippen molar-refractivity contribution in [3.8, 4) is 5.75 Å². The molecule has 2 aromatic carbocycles. The van der Waals surface area contributed by atoms with Gasteiger partial charge in [0.2, 0.25) is 5.82 Å². The zero-order chi connectivity index (χ0) is 23.6. The van der Waals surface area contributed by atoms with Crippen molar-refractivity contribution in [1.29, 1.82) is 0 Å². The van der Waals surface area contributed by atoms with E-state index in [1.54, 1.807) is 0 Å². The molecule has 1 fully saturated rings. The maximum absolute atomic E-state index is 14.4. The molecular weight excluding hydrogens is 506 g/mol. The number of halogens is 7. The number of nitrogens with zero attached hydrogens (tertiary/aromatic N) is 1. The van der Waals surface area contributed by atoms with Crippen LogP contribution in [0, 0.1) is 23.4 Å². The maximum atomic E-state index is 14.4. The molecule has 1 aliphatic heterocycles. The van der Waals surface area contributed by atoms with Gasteiger partial charge in [-0.25, -0.2) is 13.8 Å². The fourth-order valence-corrected chi connectivity index (χ4v) is 4.66. The Morgan fingerprint density at radius 2 is 1.78 bits per heavy atom. The molecule has 0 amide bonds. The van der Waals surface area contributed by atoms with Gasteiger partial charge in [0, 0.05) is 17.4 Å². The van der Waals surface area contributed by atoms with Gasteiger partial charge in [-0.1, -0.05) is 13.0 Å². The van der Waals surface area contributed by atoms with Crippen LogP contribution in [-0.2, 0) is 4.74 Å². The molecule has 0 bridgehead atoms. The van der Waals surface area contributed by atoms with Crippen molar-refractivity contribution in [2.24, 2.45) is 5.92 Å². The number of fused-ring (bicyclic) bond motifs is 1. The summed E-state index contributed by atoms with van der Waals surface area (Å²) < 4.78 is 94.9. The number of hydrogen-bond acceptors (Lipinski definition) is 3. The summed E-state index contributed by atoms with van der Waals surface area (Å²) in [7, 11) is 1.10. The summed E-state index contributed by atoms with van der Waals surface area (Å²) in [5.41, 5.74) is -2.10. The van der Waals surface area contributed by atoms with Crippen LogP contribution >= 0.6 is 15.9 Å². The van der Waals surface area contributed by atoms with E-state index < -0.39 is 52.9 Å². The number of hydrogen-bond donors (Lipinski definition) is 1. The third-order valence-electron chi connectivity index (χ3n) is 6.15. The second-order valence-corrected chi connectivity index (χ2v) is 8.61. The van der Waals surface area contributed by atoms with Crippen molar-refractivity contribution in [2.75, 3.05) is 7.11 Å². The number of ether oxygens (including phenoxy) is 2. The van der Waals surface area contributed by atoms with Gasteiger partial charge in [0.05, 0.1) is 17.1 Å². The molecule has 1 N–H and O–H groups in total. The normalized spacial score (nSPS) is 26.1. The lowest BCUT2D eigenvalue weighted by molar-refractivity contribution is -0.275. The van der Waals surface area contributed by atoms with E-state index in [1.165, 1.54) is 25.1 Å². The zero-order valence-corrected chi connectivity index (χ0v) is 18.5. The number of aromatic amines is 1. The summed E-state index contributed by atoms with van der Waals surface area (Å²) in [5.74, 6) is -5.99. The minimum atomic E-state index is -4.77. The molecule has 1 saturated heterocycles. The first-order chi connectivity index (χ1) is 14.9. The number of H-pyrrole nitrogens is 1. The zero-order valence-electron chi connectivity index (χ0n) is 17.0. The van der Waals surface area contributed by atoms with Crippen molar-refractivity contribution in [3.63, 3.8) is 0 Å². The van der Waals surface area contributed by atoms with E-state index in [1.807, 2.05) is 0 Å². The molecule has 4 nitrogen and oxygen atoms in total. The summed E-state index contributed by atoms with van der Waals surface area (Å²) in [5, 5.41) is 0. The SMILES string of the molecule is COc1c([C@H]2C(c3nc4c(Br)c(F)ccc4[nH]3)O[C@@](C)(C(F)(F)F)[C@H]2C)ccc(F)c1F. The predicted molar refractivity (Wildman–Crippen MR) is 107 cm³/mol. The van der Waals surface area contributed by atoms with Gasteiger partial charge in [-0.3, -0.25) is 0 Å². The number of methoxy groups -OCH3 is 1. The summed E-state index contributed by atoms with van der Waals surface area (Å²) in [4.78, 5) is 7.13. The molecule has 3 aromatic rings. The molecule has 1 aliphatic rings. The van der Waals surface area contributed by atoms with Gasteiger partial charge in [0.1, 0.15) is 23.3 Å². The molecule has 1 aromatic heterocycles. The summed E-state index contributed by atoms with van der Waals surface area (Å²) in [6.07, 6.45) is -6.11. The minimum Gasteiger partial charge on any atom is -0.493 e. The van der Waals surface area contributed by atoms with Crippen molar-refractivity contribution < 1.29 is 35.8 Å². The molecular formula is C21H17BrF6N2O2. The molecule has 2 heterocycles. The predicted octanol–water partition coefficient (Wildman–Crippen LogP) is 6.56. The van der Waals surface area contributed by atoms with E-state index in [-0.39, 0.29) is 21.4 Å². The Morgan fingerprint density at radius 1 is 1.12 bits per heavy atom. The molecule has 11 heteroatoms. The topological polar surface area (TPSA) is 47.1 Å². The van der Waals surface area contributed by atoms with Gasteiger partial charge >= 0.3 is 6.18 Å². The molecule has 0 spiro atoms.